The Hall–Kier alpha value is -2.88. The minimum Gasteiger partial charge on any atom is -0.480 e. The van der Waals surface area contributed by atoms with Gasteiger partial charge in [-0.3, -0.25) is 4.79 Å². The van der Waals surface area contributed by atoms with Gasteiger partial charge in [0.1, 0.15) is 6.04 Å². The van der Waals surface area contributed by atoms with E-state index in [1.54, 1.807) is 6.08 Å². The van der Waals surface area contributed by atoms with E-state index in [9.17, 15) is 14.7 Å². The number of nitrogens with one attached hydrogen (secondary N) is 1. The molecule has 0 aliphatic carbocycles. The number of benzene rings is 2. The average molecular weight is 323 g/mol. The maximum Gasteiger partial charge on any atom is 0.326 e. The Bertz CT molecular complexity index is 643. The summed E-state index contributed by atoms with van der Waals surface area (Å²) in [7, 11) is 0. The molecule has 2 aromatic carbocycles. The highest BCUT2D eigenvalue weighted by molar-refractivity contribution is 5.90. The summed E-state index contributed by atoms with van der Waals surface area (Å²) in [6.45, 7) is 3.60. The lowest BCUT2D eigenvalue weighted by Gasteiger charge is -2.21. The molecule has 4 nitrogen and oxygen atoms in total. The summed E-state index contributed by atoms with van der Waals surface area (Å²) in [5, 5.41) is 12.0. The molecule has 0 fully saturated rings. The van der Waals surface area contributed by atoms with Gasteiger partial charge in [-0.1, -0.05) is 66.7 Å². The molecule has 2 rings (SSSR count). The van der Waals surface area contributed by atoms with Crippen molar-refractivity contribution in [3.63, 3.8) is 0 Å². The first-order chi connectivity index (χ1) is 11.6. The maximum atomic E-state index is 12.8. The number of aliphatic carboxylic acids is 1. The number of carboxylic acid groups (broad SMARTS) is 1. The van der Waals surface area contributed by atoms with Gasteiger partial charge in [-0.15, -0.1) is 6.58 Å². The third-order valence-electron chi connectivity index (χ3n) is 3.80. The fraction of sp³-hybridized carbons (Fsp3) is 0.200. The van der Waals surface area contributed by atoms with Crippen LogP contribution in [0, 0.1) is 0 Å². The first kappa shape index (κ1) is 17.5. The van der Waals surface area contributed by atoms with E-state index in [1.165, 1.54) is 0 Å². The summed E-state index contributed by atoms with van der Waals surface area (Å²) < 4.78 is 0. The first-order valence-electron chi connectivity index (χ1n) is 7.87. The molecule has 0 heterocycles. The Morgan fingerprint density at radius 1 is 1.00 bits per heavy atom. The van der Waals surface area contributed by atoms with Crippen LogP contribution in [-0.4, -0.2) is 23.0 Å². The van der Waals surface area contributed by atoms with Crippen molar-refractivity contribution < 1.29 is 14.7 Å². The summed E-state index contributed by atoms with van der Waals surface area (Å²) in [6.07, 6.45) is 2.49. The van der Waals surface area contributed by atoms with Gasteiger partial charge in [0.05, 0.1) is 5.92 Å². The molecule has 124 valence electrons. The third kappa shape index (κ3) is 4.56. The average Bonchev–Trinajstić information content (AvgIpc) is 2.60. The van der Waals surface area contributed by atoms with Crippen molar-refractivity contribution in [2.24, 2.45) is 0 Å². The molecular formula is C20H21NO3. The monoisotopic (exact) mass is 323 g/mol. The summed E-state index contributed by atoms with van der Waals surface area (Å²) in [4.78, 5) is 24.2. The SMILES string of the molecule is C=CCC[C@@H](NC(=O)C(c1ccccc1)c1ccccc1)C(=O)O. The summed E-state index contributed by atoms with van der Waals surface area (Å²) >= 11 is 0. The zero-order chi connectivity index (χ0) is 17.4. The Morgan fingerprint density at radius 3 is 1.92 bits per heavy atom. The van der Waals surface area contributed by atoms with Gasteiger partial charge in [0, 0.05) is 0 Å². The van der Waals surface area contributed by atoms with Gasteiger partial charge < -0.3 is 10.4 Å². The standard InChI is InChI=1S/C20H21NO3/c1-2-3-14-17(20(23)24)21-19(22)18(15-10-6-4-7-11-15)16-12-8-5-9-13-16/h2,4-13,17-18H,1,3,14H2,(H,21,22)(H,23,24)/t17-/m1/s1. The number of allylic oxidation sites excluding steroid dienone is 1. The summed E-state index contributed by atoms with van der Waals surface area (Å²) in [6, 6.07) is 17.8. The molecule has 2 aromatic rings. The van der Waals surface area contributed by atoms with Crippen molar-refractivity contribution in [2.45, 2.75) is 24.8 Å². The molecule has 0 radical (unpaired) electrons. The van der Waals surface area contributed by atoms with Crippen molar-refractivity contribution in [3.05, 3.63) is 84.4 Å². The van der Waals surface area contributed by atoms with Gasteiger partial charge in [0.2, 0.25) is 5.91 Å². The van der Waals surface area contributed by atoms with E-state index in [1.807, 2.05) is 60.7 Å². The fourth-order valence-electron chi connectivity index (χ4n) is 2.58. The molecular weight excluding hydrogens is 302 g/mol. The molecule has 0 aliphatic heterocycles. The van der Waals surface area contributed by atoms with Gasteiger partial charge in [0.15, 0.2) is 0 Å². The van der Waals surface area contributed by atoms with Crippen molar-refractivity contribution in [1.29, 1.82) is 0 Å². The second kappa shape index (κ2) is 8.67. The molecule has 1 atom stereocenters. The van der Waals surface area contributed by atoms with Crippen LogP contribution in [-0.2, 0) is 9.59 Å². The van der Waals surface area contributed by atoms with Crippen molar-refractivity contribution in [3.8, 4) is 0 Å². The van der Waals surface area contributed by atoms with Crippen LogP contribution in [0.3, 0.4) is 0 Å². The molecule has 24 heavy (non-hydrogen) atoms. The maximum absolute atomic E-state index is 12.8. The molecule has 4 heteroatoms. The molecule has 0 saturated heterocycles. The van der Waals surface area contributed by atoms with E-state index in [0.717, 1.165) is 11.1 Å². The lowest BCUT2D eigenvalue weighted by atomic mass is 9.90. The predicted molar refractivity (Wildman–Crippen MR) is 93.7 cm³/mol. The van der Waals surface area contributed by atoms with Gasteiger partial charge in [0.25, 0.3) is 0 Å². The van der Waals surface area contributed by atoms with Crippen LogP contribution >= 0.6 is 0 Å². The molecule has 2 N–H and O–H groups in total. The fourth-order valence-corrected chi connectivity index (χ4v) is 2.58. The number of carboxylic acids is 1. The van der Waals surface area contributed by atoms with E-state index in [2.05, 4.69) is 11.9 Å². The predicted octanol–water partition coefficient (Wildman–Crippen LogP) is 3.35. The van der Waals surface area contributed by atoms with Crippen LogP contribution in [0.1, 0.15) is 29.9 Å². The van der Waals surface area contributed by atoms with Crippen molar-refractivity contribution in [2.75, 3.05) is 0 Å². The number of rotatable bonds is 8. The molecule has 0 saturated carbocycles. The second-order valence-corrected chi connectivity index (χ2v) is 5.52. The van der Waals surface area contributed by atoms with Crippen LogP contribution in [0.2, 0.25) is 0 Å². The Morgan fingerprint density at radius 2 is 1.50 bits per heavy atom. The van der Waals surface area contributed by atoms with Gasteiger partial charge >= 0.3 is 5.97 Å². The van der Waals surface area contributed by atoms with Crippen LogP contribution in [0.15, 0.2) is 73.3 Å². The minimum absolute atomic E-state index is 0.316. The Labute approximate surface area is 141 Å². The topological polar surface area (TPSA) is 66.4 Å². The lowest BCUT2D eigenvalue weighted by Crippen LogP contribution is -2.43. The first-order valence-corrected chi connectivity index (χ1v) is 7.87. The molecule has 0 bridgehead atoms. The molecule has 0 aromatic heterocycles. The zero-order valence-electron chi connectivity index (χ0n) is 13.4. The highest BCUT2D eigenvalue weighted by Crippen LogP contribution is 2.25. The molecule has 0 spiro atoms. The Balaban J connectivity index is 2.28. The van der Waals surface area contributed by atoms with E-state index in [-0.39, 0.29) is 5.91 Å². The largest absolute Gasteiger partial charge is 0.480 e. The highest BCUT2D eigenvalue weighted by atomic mass is 16.4. The number of hydrogen-bond donors (Lipinski definition) is 2. The van der Waals surface area contributed by atoms with Crippen LogP contribution < -0.4 is 5.32 Å². The zero-order valence-corrected chi connectivity index (χ0v) is 13.4. The lowest BCUT2D eigenvalue weighted by molar-refractivity contribution is -0.142. The molecule has 0 unspecified atom stereocenters. The Kier molecular flexibility index (Phi) is 6.32. The van der Waals surface area contributed by atoms with E-state index >= 15 is 0 Å². The number of carbonyl (C=O) groups excluding carboxylic acids is 1. The summed E-state index contributed by atoms with van der Waals surface area (Å²) in [5.74, 6) is -1.90. The van der Waals surface area contributed by atoms with Gasteiger partial charge in [-0.2, -0.15) is 0 Å². The quantitative estimate of drug-likeness (QED) is 0.732. The number of carbonyl (C=O) groups is 2. The highest BCUT2D eigenvalue weighted by Gasteiger charge is 2.27. The van der Waals surface area contributed by atoms with Gasteiger partial charge in [-0.05, 0) is 24.0 Å². The molecule has 0 aliphatic rings. The van der Waals surface area contributed by atoms with E-state index in [0.29, 0.717) is 12.8 Å². The minimum atomic E-state index is -1.04. The smallest absolute Gasteiger partial charge is 0.326 e. The number of hydrogen-bond acceptors (Lipinski definition) is 2. The van der Waals surface area contributed by atoms with Crippen molar-refractivity contribution in [1.82, 2.24) is 5.32 Å². The molecule has 1 amide bonds. The summed E-state index contributed by atoms with van der Waals surface area (Å²) in [5.41, 5.74) is 1.66. The van der Waals surface area contributed by atoms with Crippen LogP contribution in [0.25, 0.3) is 0 Å². The van der Waals surface area contributed by atoms with E-state index < -0.39 is 17.9 Å². The van der Waals surface area contributed by atoms with E-state index in [4.69, 9.17) is 0 Å². The second-order valence-electron chi connectivity index (χ2n) is 5.52. The van der Waals surface area contributed by atoms with Crippen LogP contribution in [0.5, 0.6) is 0 Å². The van der Waals surface area contributed by atoms with Gasteiger partial charge in [-0.25, -0.2) is 4.79 Å². The number of amides is 1. The third-order valence-corrected chi connectivity index (χ3v) is 3.80. The van der Waals surface area contributed by atoms with Crippen molar-refractivity contribution >= 4 is 11.9 Å². The van der Waals surface area contributed by atoms with Crippen LogP contribution in [0.4, 0.5) is 0 Å². The normalized spacial score (nSPS) is 11.7.